The van der Waals surface area contributed by atoms with E-state index in [2.05, 4.69) is 10.1 Å². The number of amides is 3. The topological polar surface area (TPSA) is 111 Å². The van der Waals surface area contributed by atoms with E-state index in [1.165, 1.54) is 26.4 Å². The molecule has 23 heavy (non-hydrogen) atoms. The first-order valence-electron chi connectivity index (χ1n) is 6.08. The van der Waals surface area contributed by atoms with E-state index in [0.717, 1.165) is 18.6 Å². The fraction of sp³-hybridized carbons (Fsp3) is 0.231. The molecule has 0 unspecified atom stereocenters. The van der Waals surface area contributed by atoms with Gasteiger partial charge in [0.15, 0.2) is 15.6 Å². The third-order valence-electron chi connectivity index (χ3n) is 2.46. The van der Waals surface area contributed by atoms with Crippen molar-refractivity contribution in [3.8, 4) is 5.75 Å². The Hall–Kier alpha value is -1.82. The molecule has 1 aromatic rings. The largest absolute Gasteiger partial charge is 0.504 e. The van der Waals surface area contributed by atoms with E-state index >= 15 is 0 Å². The number of hydrogen-bond acceptors (Lipinski definition) is 6. The van der Waals surface area contributed by atoms with Crippen LogP contribution in [-0.2, 0) is 19.4 Å². The molecular weight excluding hydrogens is 439 g/mol. The maximum Gasteiger partial charge on any atom is 0.326 e. The number of sulfone groups is 1. The summed E-state index contributed by atoms with van der Waals surface area (Å²) in [4.78, 5) is 23.0. The second-order valence-electron chi connectivity index (χ2n) is 4.24. The van der Waals surface area contributed by atoms with Crippen molar-refractivity contribution < 1.29 is 27.5 Å². The van der Waals surface area contributed by atoms with Gasteiger partial charge in [-0.25, -0.2) is 13.2 Å². The van der Waals surface area contributed by atoms with Gasteiger partial charge in [0.05, 0.1) is 24.1 Å². The molecule has 0 spiro atoms. The number of ether oxygens (including phenoxy) is 2. The Kier molecular flexibility index (Phi) is 6.81. The summed E-state index contributed by atoms with van der Waals surface area (Å²) in [7, 11) is -0.847. The number of nitrogens with one attached hydrogen (secondary N) is 2. The molecule has 3 amide bonds. The average Bonchev–Trinajstić information content (AvgIpc) is 2.43. The van der Waals surface area contributed by atoms with Crippen LogP contribution in [-0.4, -0.2) is 40.8 Å². The maximum absolute atomic E-state index is 11.8. The van der Waals surface area contributed by atoms with Crippen LogP contribution >= 0.6 is 22.6 Å². The van der Waals surface area contributed by atoms with E-state index in [1.54, 1.807) is 0 Å². The lowest BCUT2D eigenvalue weighted by atomic mass is 10.3. The molecule has 0 aliphatic rings. The van der Waals surface area contributed by atoms with E-state index in [9.17, 15) is 18.0 Å². The summed E-state index contributed by atoms with van der Waals surface area (Å²) < 4.78 is 33.7. The van der Waals surface area contributed by atoms with Crippen LogP contribution in [0.25, 0.3) is 0 Å². The Labute approximate surface area is 147 Å². The Bertz CT molecular complexity index is 745. The van der Waals surface area contributed by atoms with Crippen LogP contribution < -0.4 is 15.4 Å². The molecule has 0 atom stereocenters. The molecule has 0 fully saturated rings. The number of halogens is 1. The quantitative estimate of drug-likeness (QED) is 0.397. The lowest BCUT2D eigenvalue weighted by Crippen LogP contribution is -2.33. The van der Waals surface area contributed by atoms with Gasteiger partial charge >= 0.3 is 6.03 Å². The highest BCUT2D eigenvalue weighted by atomic mass is 127. The van der Waals surface area contributed by atoms with Crippen LogP contribution in [0.4, 0.5) is 10.5 Å². The van der Waals surface area contributed by atoms with Crippen molar-refractivity contribution in [3.63, 3.8) is 0 Å². The molecule has 0 bridgehead atoms. The highest BCUT2D eigenvalue weighted by molar-refractivity contribution is 14.1. The van der Waals surface area contributed by atoms with Gasteiger partial charge in [0.25, 0.3) is 5.91 Å². The number of anilines is 1. The first kappa shape index (κ1) is 19.2. The third-order valence-corrected chi connectivity index (χ3v) is 4.37. The maximum atomic E-state index is 11.8. The zero-order chi connectivity index (χ0) is 17.6. The Morgan fingerprint density at radius 2 is 1.91 bits per heavy atom. The number of imide groups is 1. The number of methoxy groups -OCH3 is 2. The summed E-state index contributed by atoms with van der Waals surface area (Å²) in [6.07, 6.45) is 3.17. The van der Waals surface area contributed by atoms with Crippen LogP contribution in [0.2, 0.25) is 0 Å². The molecule has 2 N–H and O–H groups in total. The summed E-state index contributed by atoms with van der Waals surface area (Å²) in [6, 6.07) is 1.96. The highest BCUT2D eigenvalue weighted by Crippen LogP contribution is 2.32. The summed E-state index contributed by atoms with van der Waals surface area (Å²) in [5, 5.41) is 4.41. The number of benzene rings is 1. The van der Waals surface area contributed by atoms with Gasteiger partial charge in [-0.3, -0.25) is 10.1 Å². The molecule has 1 aromatic carbocycles. The first-order valence-corrected chi connectivity index (χ1v) is 9.05. The predicted octanol–water partition coefficient (Wildman–Crippen LogP) is 1.51. The fourth-order valence-electron chi connectivity index (χ4n) is 1.56. The zero-order valence-electron chi connectivity index (χ0n) is 12.5. The SMILES string of the molecule is CO/C=C/C(=O)NC(=O)Nc1cc(I)c(OC)c(S(C)(=O)=O)c1. The summed E-state index contributed by atoms with van der Waals surface area (Å²) in [6.45, 7) is 0. The molecular formula is C13H15IN2O6S. The fourth-order valence-corrected chi connectivity index (χ4v) is 3.46. The number of rotatable bonds is 5. The smallest absolute Gasteiger partial charge is 0.326 e. The van der Waals surface area contributed by atoms with Crippen molar-refractivity contribution in [2.24, 2.45) is 0 Å². The minimum atomic E-state index is -3.56. The normalized spacial score (nSPS) is 11.1. The molecule has 0 radical (unpaired) electrons. The number of hydrogen-bond donors (Lipinski definition) is 2. The lowest BCUT2D eigenvalue weighted by molar-refractivity contribution is -0.115. The number of carbonyl (C=O) groups excluding carboxylic acids is 2. The Morgan fingerprint density at radius 1 is 1.26 bits per heavy atom. The minimum absolute atomic E-state index is 0.0622. The third kappa shape index (κ3) is 5.71. The van der Waals surface area contributed by atoms with Gasteiger partial charge in [0, 0.05) is 18.0 Å². The predicted molar refractivity (Wildman–Crippen MR) is 92.1 cm³/mol. The van der Waals surface area contributed by atoms with Crippen LogP contribution in [0.3, 0.4) is 0 Å². The van der Waals surface area contributed by atoms with Gasteiger partial charge < -0.3 is 14.8 Å². The number of carbonyl (C=O) groups is 2. The monoisotopic (exact) mass is 454 g/mol. The lowest BCUT2D eigenvalue weighted by Gasteiger charge is -2.12. The van der Waals surface area contributed by atoms with Crippen molar-refractivity contribution in [1.29, 1.82) is 0 Å². The second-order valence-corrected chi connectivity index (χ2v) is 7.39. The van der Waals surface area contributed by atoms with Gasteiger partial charge in [-0.05, 0) is 34.7 Å². The van der Waals surface area contributed by atoms with E-state index < -0.39 is 21.8 Å². The minimum Gasteiger partial charge on any atom is -0.504 e. The molecule has 0 aliphatic carbocycles. The van der Waals surface area contributed by atoms with Crippen molar-refractivity contribution in [1.82, 2.24) is 5.32 Å². The average molecular weight is 454 g/mol. The molecule has 0 saturated carbocycles. The second kappa shape index (κ2) is 8.15. The summed E-state index contributed by atoms with van der Waals surface area (Å²) in [5.41, 5.74) is 0.205. The molecule has 1 rings (SSSR count). The first-order chi connectivity index (χ1) is 10.7. The highest BCUT2D eigenvalue weighted by Gasteiger charge is 2.19. The van der Waals surface area contributed by atoms with Crippen molar-refractivity contribution in [3.05, 3.63) is 28.0 Å². The molecule has 126 valence electrons. The summed E-state index contributed by atoms with van der Waals surface area (Å²) >= 11 is 1.89. The van der Waals surface area contributed by atoms with E-state index in [-0.39, 0.29) is 16.3 Å². The molecule has 10 heteroatoms. The van der Waals surface area contributed by atoms with Gasteiger partial charge in [-0.15, -0.1) is 0 Å². The molecule has 0 aromatic heterocycles. The van der Waals surface area contributed by atoms with Gasteiger partial charge in [-0.1, -0.05) is 0 Å². The van der Waals surface area contributed by atoms with Crippen LogP contribution in [0.1, 0.15) is 0 Å². The van der Waals surface area contributed by atoms with E-state index in [1.807, 2.05) is 27.9 Å². The van der Waals surface area contributed by atoms with Crippen LogP contribution in [0, 0.1) is 3.57 Å². The Balaban J connectivity index is 3.02. The molecule has 0 aliphatic heterocycles. The van der Waals surface area contributed by atoms with Gasteiger partial charge in [-0.2, -0.15) is 0 Å². The standard InChI is InChI=1S/C13H15IN2O6S/c1-21-5-4-11(17)16-13(18)15-8-6-9(14)12(22-2)10(7-8)23(3,19)20/h4-7H,1-3H3,(H2,15,16,17,18)/b5-4+. The Morgan fingerprint density at radius 3 is 2.43 bits per heavy atom. The van der Waals surface area contributed by atoms with E-state index in [0.29, 0.717) is 3.57 Å². The molecule has 0 heterocycles. The van der Waals surface area contributed by atoms with Crippen molar-refractivity contribution >= 4 is 50.1 Å². The van der Waals surface area contributed by atoms with Gasteiger partial charge in [0.1, 0.15) is 4.90 Å². The summed E-state index contributed by atoms with van der Waals surface area (Å²) in [5.74, 6) is -0.492. The zero-order valence-corrected chi connectivity index (χ0v) is 15.5. The van der Waals surface area contributed by atoms with E-state index in [4.69, 9.17) is 4.74 Å². The van der Waals surface area contributed by atoms with Crippen LogP contribution in [0.15, 0.2) is 29.4 Å². The molecule has 0 saturated heterocycles. The number of urea groups is 1. The van der Waals surface area contributed by atoms with Crippen molar-refractivity contribution in [2.45, 2.75) is 4.90 Å². The van der Waals surface area contributed by atoms with Gasteiger partial charge in [0.2, 0.25) is 0 Å². The molecule has 8 nitrogen and oxygen atoms in total. The van der Waals surface area contributed by atoms with Crippen molar-refractivity contribution in [2.75, 3.05) is 25.8 Å². The van der Waals surface area contributed by atoms with Crippen LogP contribution in [0.5, 0.6) is 5.75 Å².